The van der Waals surface area contributed by atoms with Gasteiger partial charge < -0.3 is 26.8 Å². The maximum Gasteiger partial charge on any atom is 0.337 e. The average molecular weight is 503 g/mol. The molecule has 3 aromatic rings. The molecule has 0 spiro atoms. The second-order valence-corrected chi connectivity index (χ2v) is 8.46. The molecule has 0 aromatic heterocycles. The Labute approximate surface area is 215 Å². The van der Waals surface area contributed by atoms with Crippen molar-refractivity contribution in [2.24, 2.45) is 5.73 Å². The van der Waals surface area contributed by atoms with Gasteiger partial charge in [0.05, 0.1) is 11.3 Å². The smallest absolute Gasteiger partial charge is 0.337 e. The first-order chi connectivity index (χ1) is 17.8. The zero-order valence-electron chi connectivity index (χ0n) is 20.5. The summed E-state index contributed by atoms with van der Waals surface area (Å²) in [6.07, 6.45) is 1.86. The molecule has 0 heterocycles. The molecule has 0 aliphatic carbocycles. The Morgan fingerprint density at radius 3 is 2.24 bits per heavy atom. The molecule has 0 saturated heterocycles. The number of para-hydroxylation sites is 1. The van der Waals surface area contributed by atoms with E-state index in [1.54, 1.807) is 30.3 Å². The molecule has 9 nitrogen and oxygen atoms in total. The predicted molar refractivity (Wildman–Crippen MR) is 142 cm³/mol. The molecule has 0 saturated carbocycles. The number of nitrogens with one attached hydrogen (secondary N) is 3. The maximum atomic E-state index is 13.2. The third-order valence-corrected chi connectivity index (χ3v) is 5.66. The molecular weight excluding hydrogens is 472 g/mol. The van der Waals surface area contributed by atoms with Gasteiger partial charge in [0.15, 0.2) is 0 Å². The van der Waals surface area contributed by atoms with Gasteiger partial charge in [0.1, 0.15) is 6.04 Å². The molecule has 0 aliphatic rings. The van der Waals surface area contributed by atoms with E-state index in [1.807, 2.05) is 30.3 Å². The van der Waals surface area contributed by atoms with Gasteiger partial charge in [-0.3, -0.25) is 14.4 Å². The average Bonchev–Trinajstić information content (AvgIpc) is 2.88. The van der Waals surface area contributed by atoms with Crippen molar-refractivity contribution in [1.82, 2.24) is 5.32 Å². The van der Waals surface area contributed by atoms with Crippen molar-refractivity contribution in [2.75, 3.05) is 17.2 Å². The van der Waals surface area contributed by atoms with E-state index >= 15 is 0 Å². The van der Waals surface area contributed by atoms with E-state index in [1.165, 1.54) is 19.1 Å². The molecule has 6 N–H and O–H groups in total. The number of hydrogen-bond acceptors (Lipinski definition) is 5. The Kier molecular flexibility index (Phi) is 9.51. The highest BCUT2D eigenvalue weighted by Crippen LogP contribution is 2.28. The van der Waals surface area contributed by atoms with Crippen molar-refractivity contribution in [3.8, 4) is 11.1 Å². The Balaban J connectivity index is 1.91. The number of aromatic carboxylic acids is 1. The highest BCUT2D eigenvalue weighted by Gasteiger charge is 2.21. The lowest BCUT2D eigenvalue weighted by atomic mass is 9.98. The number of anilines is 2. The highest BCUT2D eigenvalue weighted by atomic mass is 16.4. The quantitative estimate of drug-likeness (QED) is 0.251. The Morgan fingerprint density at radius 2 is 1.57 bits per heavy atom. The van der Waals surface area contributed by atoms with Gasteiger partial charge in [-0.25, -0.2) is 4.79 Å². The van der Waals surface area contributed by atoms with Gasteiger partial charge in [-0.2, -0.15) is 0 Å². The molecule has 37 heavy (non-hydrogen) atoms. The summed E-state index contributed by atoms with van der Waals surface area (Å²) in [6.45, 7) is 1.85. The van der Waals surface area contributed by atoms with Gasteiger partial charge in [0.2, 0.25) is 11.8 Å². The number of amides is 3. The number of benzene rings is 3. The second kappa shape index (κ2) is 13.0. The number of carboxylic acid groups (broad SMARTS) is 1. The first-order valence-electron chi connectivity index (χ1n) is 11.9. The van der Waals surface area contributed by atoms with Crippen molar-refractivity contribution >= 4 is 35.1 Å². The van der Waals surface area contributed by atoms with Crippen molar-refractivity contribution in [3.63, 3.8) is 0 Å². The van der Waals surface area contributed by atoms with Crippen molar-refractivity contribution in [2.45, 2.75) is 32.2 Å². The molecule has 3 rings (SSSR count). The van der Waals surface area contributed by atoms with E-state index in [-0.39, 0.29) is 23.1 Å². The van der Waals surface area contributed by atoms with Crippen molar-refractivity contribution in [3.05, 3.63) is 83.9 Å². The summed E-state index contributed by atoms with van der Waals surface area (Å²) in [5.74, 6) is -2.34. The van der Waals surface area contributed by atoms with Gasteiger partial charge in [0.25, 0.3) is 5.91 Å². The van der Waals surface area contributed by atoms with E-state index in [4.69, 9.17) is 5.73 Å². The minimum atomic E-state index is -1.16. The molecule has 0 aliphatic heterocycles. The highest BCUT2D eigenvalue weighted by molar-refractivity contribution is 6.11. The van der Waals surface area contributed by atoms with Crippen LogP contribution in [0.4, 0.5) is 11.4 Å². The van der Waals surface area contributed by atoms with E-state index in [0.717, 1.165) is 12.0 Å². The number of nitrogens with two attached hydrogens (primary N) is 1. The largest absolute Gasteiger partial charge is 0.478 e. The van der Waals surface area contributed by atoms with Crippen LogP contribution in [0.15, 0.2) is 72.8 Å². The van der Waals surface area contributed by atoms with Crippen LogP contribution in [-0.4, -0.2) is 41.4 Å². The zero-order chi connectivity index (χ0) is 26.8. The minimum Gasteiger partial charge on any atom is -0.478 e. The van der Waals surface area contributed by atoms with E-state index in [0.29, 0.717) is 36.2 Å². The van der Waals surface area contributed by atoms with Gasteiger partial charge in [0, 0.05) is 18.2 Å². The molecule has 0 unspecified atom stereocenters. The van der Waals surface area contributed by atoms with Crippen LogP contribution in [0.25, 0.3) is 11.1 Å². The number of unbranched alkanes of at least 4 members (excludes halogenated alkanes) is 1. The SMILES string of the molecule is CC(=O)N[C@@H](CCCCN)C(=O)Nc1ccc(C(=O)Nc2ccccc2C(=O)O)c(-c2ccccc2)c1. The van der Waals surface area contributed by atoms with Crippen LogP contribution in [0.2, 0.25) is 0 Å². The fraction of sp³-hybridized carbons (Fsp3) is 0.214. The summed E-state index contributed by atoms with van der Waals surface area (Å²) >= 11 is 0. The topological polar surface area (TPSA) is 151 Å². The fourth-order valence-electron chi connectivity index (χ4n) is 3.88. The Morgan fingerprint density at radius 1 is 0.865 bits per heavy atom. The Bertz CT molecular complexity index is 1280. The summed E-state index contributed by atoms with van der Waals surface area (Å²) < 4.78 is 0. The summed E-state index contributed by atoms with van der Waals surface area (Å²) in [7, 11) is 0. The molecular formula is C28H30N4O5. The number of rotatable bonds is 11. The molecule has 0 bridgehead atoms. The van der Waals surface area contributed by atoms with Crippen LogP contribution in [0, 0.1) is 0 Å². The first kappa shape index (κ1) is 27.1. The van der Waals surface area contributed by atoms with E-state index < -0.39 is 17.9 Å². The van der Waals surface area contributed by atoms with Gasteiger partial charge in [-0.05, 0) is 67.3 Å². The lowest BCUT2D eigenvalue weighted by Crippen LogP contribution is -2.42. The molecule has 0 radical (unpaired) electrons. The molecule has 9 heteroatoms. The number of carbonyl (C=O) groups is 4. The monoisotopic (exact) mass is 502 g/mol. The van der Waals surface area contributed by atoms with Gasteiger partial charge in [-0.1, -0.05) is 42.5 Å². The lowest BCUT2D eigenvalue weighted by molar-refractivity contribution is -0.125. The summed E-state index contributed by atoms with van der Waals surface area (Å²) in [5, 5.41) is 17.6. The number of hydrogen-bond donors (Lipinski definition) is 5. The third-order valence-electron chi connectivity index (χ3n) is 5.66. The summed E-state index contributed by atoms with van der Waals surface area (Å²) in [6, 6.07) is 19.4. The van der Waals surface area contributed by atoms with Crippen molar-refractivity contribution < 1.29 is 24.3 Å². The van der Waals surface area contributed by atoms with E-state index in [2.05, 4.69) is 16.0 Å². The van der Waals surface area contributed by atoms with Gasteiger partial charge in [-0.15, -0.1) is 0 Å². The van der Waals surface area contributed by atoms with Crippen LogP contribution >= 0.6 is 0 Å². The summed E-state index contributed by atoms with van der Waals surface area (Å²) in [5.41, 5.74) is 7.71. The fourth-order valence-corrected chi connectivity index (χ4v) is 3.88. The van der Waals surface area contributed by atoms with E-state index in [9.17, 15) is 24.3 Å². The molecule has 192 valence electrons. The van der Waals surface area contributed by atoms with Crippen LogP contribution in [0.3, 0.4) is 0 Å². The predicted octanol–water partition coefficient (Wildman–Crippen LogP) is 3.88. The standard InChI is InChI=1S/C28H30N4O5/c1-18(33)30-25(13-7-8-16-29)27(35)31-20-14-15-21(23(17-20)19-9-3-2-4-10-19)26(34)32-24-12-6-5-11-22(24)28(36)37/h2-6,9-12,14-15,17,25H,7-8,13,16,29H2,1H3,(H,30,33)(H,31,35)(H,32,34)(H,36,37)/t25-/m0/s1. The number of carboxylic acids is 1. The minimum absolute atomic E-state index is 0.0281. The molecule has 3 amide bonds. The first-order valence-corrected chi connectivity index (χ1v) is 11.9. The van der Waals surface area contributed by atoms with Crippen LogP contribution in [-0.2, 0) is 9.59 Å². The number of carbonyl (C=O) groups excluding carboxylic acids is 3. The molecule has 0 fully saturated rings. The lowest BCUT2D eigenvalue weighted by Gasteiger charge is -2.19. The van der Waals surface area contributed by atoms with Crippen molar-refractivity contribution in [1.29, 1.82) is 0 Å². The van der Waals surface area contributed by atoms with Gasteiger partial charge >= 0.3 is 5.97 Å². The maximum absolute atomic E-state index is 13.2. The summed E-state index contributed by atoms with van der Waals surface area (Å²) in [4.78, 5) is 49.4. The molecule has 1 atom stereocenters. The van der Waals surface area contributed by atoms with Crippen LogP contribution in [0.1, 0.15) is 46.9 Å². The Hall–Kier alpha value is -4.50. The zero-order valence-corrected chi connectivity index (χ0v) is 20.5. The van der Waals surface area contributed by atoms with Crippen LogP contribution < -0.4 is 21.7 Å². The van der Waals surface area contributed by atoms with Crippen LogP contribution in [0.5, 0.6) is 0 Å². The molecule has 3 aromatic carbocycles. The normalized spacial score (nSPS) is 11.3. The second-order valence-electron chi connectivity index (χ2n) is 8.46. The third kappa shape index (κ3) is 7.49.